The van der Waals surface area contributed by atoms with E-state index in [-0.39, 0.29) is 17.1 Å². The lowest BCUT2D eigenvalue weighted by atomic mass is 9.76. The minimum absolute atomic E-state index is 0.00829. The van der Waals surface area contributed by atoms with Crippen molar-refractivity contribution in [3.63, 3.8) is 0 Å². The van der Waals surface area contributed by atoms with Crippen LogP contribution in [0.4, 0.5) is 0 Å². The van der Waals surface area contributed by atoms with Gasteiger partial charge in [-0.2, -0.15) is 0 Å². The molecule has 1 saturated heterocycles. The highest BCUT2D eigenvalue weighted by Gasteiger charge is 2.52. The standard InChI is InChI=1S/C18H25BN2O3/c1-17(2)18(3,4)24-19(23-17)13(10-20-5)9-12-7-6-8-14-15(12)11-21-16(14)22/h6-9,20H,10-11H2,1-5H3,(H,21,22). The second-order valence-corrected chi connectivity index (χ2v) is 7.39. The second-order valence-electron chi connectivity index (χ2n) is 7.39. The van der Waals surface area contributed by atoms with Crippen LogP contribution in [0.5, 0.6) is 0 Å². The number of fused-ring (bicyclic) bond motifs is 1. The third-order valence-electron chi connectivity index (χ3n) is 5.16. The van der Waals surface area contributed by atoms with E-state index in [4.69, 9.17) is 9.31 Å². The van der Waals surface area contributed by atoms with Gasteiger partial charge in [-0.15, -0.1) is 0 Å². The summed E-state index contributed by atoms with van der Waals surface area (Å²) in [5.41, 5.74) is 3.09. The molecule has 0 bridgehead atoms. The van der Waals surface area contributed by atoms with Crippen molar-refractivity contribution in [1.29, 1.82) is 0 Å². The van der Waals surface area contributed by atoms with Gasteiger partial charge in [0.15, 0.2) is 0 Å². The average Bonchev–Trinajstić information content (AvgIpc) is 2.97. The van der Waals surface area contributed by atoms with E-state index < -0.39 is 7.12 Å². The third kappa shape index (κ3) is 2.90. The molecule has 1 amide bonds. The predicted octanol–water partition coefficient (Wildman–Crippen LogP) is 2.16. The number of carbonyl (C=O) groups is 1. The van der Waals surface area contributed by atoms with Crippen molar-refractivity contribution in [3.8, 4) is 0 Å². The van der Waals surface area contributed by atoms with Gasteiger partial charge >= 0.3 is 7.12 Å². The van der Waals surface area contributed by atoms with Crippen LogP contribution >= 0.6 is 0 Å². The molecule has 2 aliphatic rings. The van der Waals surface area contributed by atoms with E-state index in [9.17, 15) is 4.79 Å². The van der Waals surface area contributed by atoms with E-state index in [1.54, 1.807) is 0 Å². The minimum atomic E-state index is -0.400. The molecule has 5 nitrogen and oxygen atoms in total. The predicted molar refractivity (Wildman–Crippen MR) is 95.6 cm³/mol. The van der Waals surface area contributed by atoms with E-state index >= 15 is 0 Å². The summed E-state index contributed by atoms with van der Waals surface area (Å²) in [5.74, 6) is -0.00829. The number of amides is 1. The Morgan fingerprint density at radius 2 is 1.96 bits per heavy atom. The molecular weight excluding hydrogens is 303 g/mol. The highest BCUT2D eigenvalue weighted by atomic mass is 16.7. The van der Waals surface area contributed by atoms with Crippen molar-refractivity contribution in [2.24, 2.45) is 0 Å². The van der Waals surface area contributed by atoms with Crippen molar-refractivity contribution in [1.82, 2.24) is 10.6 Å². The molecule has 0 atom stereocenters. The van der Waals surface area contributed by atoms with Crippen LogP contribution in [-0.4, -0.2) is 37.8 Å². The first-order chi connectivity index (χ1) is 11.2. The smallest absolute Gasteiger partial charge is 0.400 e. The van der Waals surface area contributed by atoms with Gasteiger partial charge in [0.1, 0.15) is 0 Å². The zero-order chi connectivity index (χ0) is 17.5. The van der Waals surface area contributed by atoms with E-state index in [2.05, 4.69) is 16.7 Å². The van der Waals surface area contributed by atoms with Gasteiger partial charge in [-0.3, -0.25) is 4.79 Å². The van der Waals surface area contributed by atoms with Crippen LogP contribution in [-0.2, 0) is 15.9 Å². The van der Waals surface area contributed by atoms with Crippen LogP contribution in [0.3, 0.4) is 0 Å². The number of rotatable bonds is 4. The Bertz CT molecular complexity index is 682. The zero-order valence-corrected chi connectivity index (χ0v) is 15.0. The van der Waals surface area contributed by atoms with Gasteiger partial charge in [0, 0.05) is 18.7 Å². The lowest BCUT2D eigenvalue weighted by Crippen LogP contribution is -2.41. The molecule has 0 unspecified atom stereocenters. The topological polar surface area (TPSA) is 59.6 Å². The summed E-state index contributed by atoms with van der Waals surface area (Å²) in [6.07, 6.45) is 2.08. The number of hydrogen-bond acceptors (Lipinski definition) is 4. The number of nitrogens with one attached hydrogen (secondary N) is 2. The van der Waals surface area contributed by atoms with Crippen LogP contribution in [0.2, 0.25) is 0 Å². The molecule has 2 heterocycles. The van der Waals surface area contributed by atoms with Gasteiger partial charge in [-0.05, 0) is 57.4 Å². The molecule has 0 saturated carbocycles. The second kappa shape index (κ2) is 6.03. The van der Waals surface area contributed by atoms with Gasteiger partial charge in [0.2, 0.25) is 0 Å². The van der Waals surface area contributed by atoms with Crippen LogP contribution in [0.1, 0.15) is 49.2 Å². The molecule has 0 aromatic heterocycles. The number of likely N-dealkylation sites (N-methyl/N-ethyl adjacent to an activating group) is 1. The van der Waals surface area contributed by atoms with E-state index in [0.717, 1.165) is 22.2 Å². The minimum Gasteiger partial charge on any atom is -0.400 e. The molecule has 0 radical (unpaired) electrons. The lowest BCUT2D eigenvalue weighted by molar-refractivity contribution is 0.00578. The monoisotopic (exact) mass is 328 g/mol. The molecule has 0 spiro atoms. The maximum absolute atomic E-state index is 11.9. The van der Waals surface area contributed by atoms with E-state index in [0.29, 0.717) is 13.1 Å². The Kier molecular flexibility index (Phi) is 4.32. The van der Waals surface area contributed by atoms with Crippen LogP contribution < -0.4 is 10.6 Å². The molecule has 6 heteroatoms. The summed E-state index contributed by atoms with van der Waals surface area (Å²) in [7, 11) is 1.50. The molecule has 1 aromatic rings. The third-order valence-corrected chi connectivity index (χ3v) is 5.16. The Hall–Kier alpha value is -1.63. The summed E-state index contributed by atoms with van der Waals surface area (Å²) in [6, 6.07) is 5.80. The van der Waals surface area contributed by atoms with Crippen molar-refractivity contribution in [2.45, 2.75) is 45.4 Å². The molecule has 2 aliphatic heterocycles. The van der Waals surface area contributed by atoms with Crippen LogP contribution in [0, 0.1) is 0 Å². The van der Waals surface area contributed by atoms with Gasteiger partial charge in [-0.1, -0.05) is 18.2 Å². The first-order valence-corrected chi connectivity index (χ1v) is 8.36. The fraction of sp³-hybridized carbons (Fsp3) is 0.500. The fourth-order valence-electron chi connectivity index (χ4n) is 3.01. The molecule has 128 valence electrons. The van der Waals surface area contributed by atoms with E-state index in [1.807, 2.05) is 52.9 Å². The SMILES string of the molecule is CNCC(=Cc1cccc2c1CNC2=O)B1OC(C)(C)C(C)(C)O1. The molecule has 1 fully saturated rings. The van der Waals surface area contributed by atoms with Crippen molar-refractivity contribution in [2.75, 3.05) is 13.6 Å². The first kappa shape index (κ1) is 17.2. The largest absolute Gasteiger partial charge is 0.491 e. The molecule has 3 rings (SSSR count). The van der Waals surface area contributed by atoms with Crippen LogP contribution in [0.15, 0.2) is 23.7 Å². The Morgan fingerprint density at radius 1 is 1.29 bits per heavy atom. The summed E-state index contributed by atoms with van der Waals surface area (Å²) in [4.78, 5) is 11.9. The average molecular weight is 328 g/mol. The molecule has 2 N–H and O–H groups in total. The maximum atomic E-state index is 11.9. The molecular formula is C18H25BN2O3. The molecule has 1 aromatic carbocycles. The summed E-state index contributed by atoms with van der Waals surface area (Å²) in [5, 5.41) is 6.07. The lowest BCUT2D eigenvalue weighted by Gasteiger charge is -2.32. The quantitative estimate of drug-likeness (QED) is 0.832. The van der Waals surface area contributed by atoms with Gasteiger partial charge in [0.05, 0.1) is 11.2 Å². The van der Waals surface area contributed by atoms with Gasteiger partial charge in [0.25, 0.3) is 5.91 Å². The van der Waals surface area contributed by atoms with Gasteiger partial charge < -0.3 is 19.9 Å². The molecule has 0 aliphatic carbocycles. The van der Waals surface area contributed by atoms with E-state index in [1.165, 1.54) is 0 Å². The number of hydrogen-bond donors (Lipinski definition) is 2. The normalized spacial score (nSPS) is 21.8. The van der Waals surface area contributed by atoms with Gasteiger partial charge in [-0.25, -0.2) is 0 Å². The zero-order valence-electron chi connectivity index (χ0n) is 15.0. The Morgan fingerprint density at radius 3 is 2.58 bits per heavy atom. The maximum Gasteiger partial charge on any atom is 0.491 e. The Labute approximate surface area is 143 Å². The highest BCUT2D eigenvalue weighted by Crippen LogP contribution is 2.39. The highest BCUT2D eigenvalue weighted by molar-refractivity contribution is 6.56. The summed E-state index contributed by atoms with van der Waals surface area (Å²) >= 11 is 0. The molecule has 24 heavy (non-hydrogen) atoms. The first-order valence-electron chi connectivity index (χ1n) is 8.36. The van der Waals surface area contributed by atoms with Crippen molar-refractivity contribution >= 4 is 19.1 Å². The number of carbonyl (C=O) groups excluding carboxylic acids is 1. The summed E-state index contributed by atoms with van der Waals surface area (Å²) < 4.78 is 12.4. The Balaban J connectivity index is 1.96. The fourth-order valence-corrected chi connectivity index (χ4v) is 3.01. The number of benzene rings is 1. The van der Waals surface area contributed by atoms with Crippen molar-refractivity contribution < 1.29 is 14.1 Å². The van der Waals surface area contributed by atoms with Crippen molar-refractivity contribution in [3.05, 3.63) is 40.4 Å². The summed E-state index contributed by atoms with van der Waals surface area (Å²) in [6.45, 7) is 9.41. The van der Waals surface area contributed by atoms with Crippen LogP contribution in [0.25, 0.3) is 6.08 Å².